The normalized spacial score (nSPS) is 22.8. The molecule has 0 bridgehead atoms. The molecule has 0 aromatic carbocycles. The fourth-order valence-electron chi connectivity index (χ4n) is 12.5. The van der Waals surface area contributed by atoms with Gasteiger partial charge < -0.3 is 57.3 Å². The first kappa shape index (κ1) is 73.0. The molecule has 91 heavy (non-hydrogen) atoms. The summed E-state index contributed by atoms with van der Waals surface area (Å²) in [5.41, 5.74) is 3.79. The summed E-state index contributed by atoms with van der Waals surface area (Å²) in [6.07, 6.45) is 6.41. The van der Waals surface area contributed by atoms with Crippen molar-refractivity contribution in [2.75, 3.05) is 98.7 Å². The molecule has 0 saturated carbocycles. The van der Waals surface area contributed by atoms with Gasteiger partial charge in [0.25, 0.3) is 5.70 Å². The smallest absolute Gasteiger partial charge is 0.349 e. The van der Waals surface area contributed by atoms with Crippen LogP contribution in [0.2, 0.25) is 0 Å². The van der Waals surface area contributed by atoms with Crippen LogP contribution in [0.15, 0.2) is 67.5 Å². The lowest BCUT2D eigenvalue weighted by Gasteiger charge is -2.37. The van der Waals surface area contributed by atoms with E-state index in [-0.39, 0.29) is 98.5 Å². The van der Waals surface area contributed by atoms with Crippen molar-refractivity contribution in [3.63, 3.8) is 0 Å². The number of rotatable bonds is 30. The molecule has 3 heterocycles. The van der Waals surface area contributed by atoms with Crippen LogP contribution in [-0.4, -0.2) is 168 Å². The summed E-state index contributed by atoms with van der Waals surface area (Å²) in [6, 6.07) is 8.71. The summed E-state index contributed by atoms with van der Waals surface area (Å²) in [6.45, 7) is 44.9. The molecular weight excluding hydrogens is 1160 g/mol. The Morgan fingerprint density at radius 1 is 0.440 bits per heavy atom. The summed E-state index contributed by atoms with van der Waals surface area (Å²) in [7, 11) is 0. The first-order valence-electron chi connectivity index (χ1n) is 32.5. The van der Waals surface area contributed by atoms with Crippen LogP contribution in [0, 0.1) is 80.6 Å². The molecule has 6 atom stereocenters. The molecule has 6 aliphatic rings. The van der Waals surface area contributed by atoms with Gasteiger partial charge in [-0.3, -0.25) is 4.79 Å². The van der Waals surface area contributed by atoms with Gasteiger partial charge in [0.2, 0.25) is 0 Å². The van der Waals surface area contributed by atoms with Gasteiger partial charge in [-0.15, -0.1) is 0 Å². The van der Waals surface area contributed by atoms with E-state index in [0.29, 0.717) is 72.1 Å². The van der Waals surface area contributed by atoms with Crippen molar-refractivity contribution in [2.45, 2.75) is 197 Å². The summed E-state index contributed by atoms with van der Waals surface area (Å²) >= 11 is 0. The van der Waals surface area contributed by atoms with Gasteiger partial charge in [0.05, 0.1) is 101 Å². The highest BCUT2D eigenvalue weighted by atomic mass is 16.6. The van der Waals surface area contributed by atoms with E-state index in [2.05, 4.69) is 78.1 Å². The molecule has 0 radical (unpaired) electrons. The first-order chi connectivity index (χ1) is 43.3. The molecule has 0 aromatic heterocycles. The first-order valence-corrected chi connectivity index (χ1v) is 32.5. The number of allylic oxidation sites excluding steroid dienone is 8. The van der Waals surface area contributed by atoms with Crippen molar-refractivity contribution in [3.8, 4) is 24.3 Å². The minimum Gasteiger partial charge on any atom is -0.468 e. The van der Waals surface area contributed by atoms with Crippen molar-refractivity contribution >= 4 is 17.9 Å². The lowest BCUT2D eigenvalue weighted by atomic mass is 9.72. The number of nitriles is 4. The van der Waals surface area contributed by atoms with Gasteiger partial charge in [-0.05, 0) is 152 Å². The van der Waals surface area contributed by atoms with E-state index >= 15 is 0 Å². The number of hydrogen-bond donors (Lipinski definition) is 0. The van der Waals surface area contributed by atoms with E-state index < -0.39 is 54.5 Å². The van der Waals surface area contributed by atoms with Gasteiger partial charge in [-0.1, -0.05) is 41.5 Å². The lowest BCUT2D eigenvalue weighted by molar-refractivity contribution is -0.144. The minimum atomic E-state index is -0.801. The van der Waals surface area contributed by atoms with Gasteiger partial charge in [0.1, 0.15) is 55.2 Å². The Hall–Kier alpha value is -7.05. The van der Waals surface area contributed by atoms with Crippen LogP contribution in [0.5, 0.6) is 0 Å². The Morgan fingerprint density at radius 2 is 0.736 bits per heavy atom. The predicted octanol–water partition coefficient (Wildman–Crippen LogP) is 10.9. The van der Waals surface area contributed by atoms with E-state index in [4.69, 9.17) is 55.8 Å². The van der Waals surface area contributed by atoms with Crippen LogP contribution in [-0.2, 0) is 57.0 Å². The highest BCUT2D eigenvalue weighted by Crippen LogP contribution is 2.48. The molecular formula is C70H97N9O12. The molecule has 3 saturated heterocycles. The average Bonchev–Trinajstić information content (AvgIpc) is 1.73. The molecule has 21 nitrogen and oxygen atoms in total. The predicted molar refractivity (Wildman–Crippen MR) is 338 cm³/mol. The number of ether oxygens (including phenoxy) is 9. The summed E-state index contributed by atoms with van der Waals surface area (Å²) < 4.78 is 54.1. The third-order valence-corrected chi connectivity index (χ3v) is 17.3. The Morgan fingerprint density at radius 3 is 1.05 bits per heavy atom. The Balaban J connectivity index is 1.03. The minimum absolute atomic E-state index is 0.126. The monoisotopic (exact) mass is 1260 g/mol. The summed E-state index contributed by atoms with van der Waals surface area (Å²) in [4.78, 5) is 54.7. The zero-order valence-electron chi connectivity index (χ0n) is 56.1. The molecule has 0 spiro atoms. The van der Waals surface area contributed by atoms with Gasteiger partial charge in [-0.2, -0.15) is 21.0 Å². The van der Waals surface area contributed by atoms with Crippen LogP contribution < -0.4 is 0 Å². The molecule has 0 aromatic rings. The summed E-state index contributed by atoms with van der Waals surface area (Å²) in [5, 5.41) is 41.1. The highest BCUT2D eigenvalue weighted by molar-refractivity contribution is 5.96. The van der Waals surface area contributed by atoms with Gasteiger partial charge >= 0.3 is 17.9 Å². The fraction of sp³-hybridized carbons (Fsp3) is 0.700. The molecule has 6 rings (SSSR count). The molecule has 6 unspecified atom stereocenters. The molecule has 21 heteroatoms. The maximum absolute atomic E-state index is 13.6. The molecule has 3 aliphatic heterocycles. The largest absolute Gasteiger partial charge is 0.468 e. The van der Waals surface area contributed by atoms with Crippen molar-refractivity contribution in [1.82, 2.24) is 14.7 Å². The maximum atomic E-state index is 13.6. The SMILES string of the molecule is [C-]#[N+]C1=C(N2CCCC2)CC(C)(C)C/C1=C(/[N+]#[C-])C(=O)OCC(C)OCC(C)OCC(COC(C)COC(C)COC(=O)/C(C#N)=C1\CC(C)(C)CC(N2CCCC2)=C1C#N)COC(C)COC(C)COC(=O)/C(C#N)=C1\CC(C)(C)CC(N2CCCC2)=C1C#N. The Labute approximate surface area is 540 Å². The molecule has 3 aliphatic carbocycles. The van der Waals surface area contributed by atoms with E-state index in [1.54, 1.807) is 20.8 Å². The van der Waals surface area contributed by atoms with Crippen molar-refractivity contribution in [2.24, 2.45) is 22.2 Å². The van der Waals surface area contributed by atoms with Crippen LogP contribution in [0.3, 0.4) is 0 Å². The lowest BCUT2D eigenvalue weighted by Crippen LogP contribution is -2.32. The average molecular weight is 1260 g/mol. The zero-order chi connectivity index (χ0) is 66.6. The second-order valence-electron chi connectivity index (χ2n) is 27.8. The quantitative estimate of drug-likeness (QED) is 0.0213. The van der Waals surface area contributed by atoms with E-state index in [9.17, 15) is 35.4 Å². The Bertz CT molecular complexity index is 2750. The third kappa shape index (κ3) is 21.0. The number of esters is 3. The highest BCUT2D eigenvalue weighted by Gasteiger charge is 2.40. The van der Waals surface area contributed by atoms with Crippen LogP contribution in [0.1, 0.15) is 160 Å². The van der Waals surface area contributed by atoms with Gasteiger partial charge in [-0.25, -0.2) is 19.3 Å². The van der Waals surface area contributed by atoms with Gasteiger partial charge in [0.15, 0.2) is 5.70 Å². The number of nitrogens with zero attached hydrogens (tertiary/aromatic N) is 9. The second-order valence-corrected chi connectivity index (χ2v) is 27.8. The van der Waals surface area contributed by atoms with Crippen molar-refractivity contribution < 1.29 is 57.0 Å². The van der Waals surface area contributed by atoms with Crippen LogP contribution in [0.25, 0.3) is 9.69 Å². The number of carbonyl (C=O) groups excluding carboxylic acids is 3. The summed E-state index contributed by atoms with van der Waals surface area (Å²) in [5.74, 6) is -2.70. The van der Waals surface area contributed by atoms with Gasteiger partial charge in [0, 0.05) is 62.3 Å². The van der Waals surface area contributed by atoms with Crippen molar-refractivity contribution in [3.05, 3.63) is 90.3 Å². The second kappa shape index (κ2) is 34.0. The number of hydrogen-bond acceptors (Lipinski definition) is 19. The topological polar surface area (TPSA) is 248 Å². The molecule has 3 fully saturated rings. The van der Waals surface area contributed by atoms with Crippen molar-refractivity contribution in [1.29, 1.82) is 21.0 Å². The maximum Gasteiger partial charge on any atom is 0.349 e. The molecule has 0 amide bonds. The Kier molecular flexibility index (Phi) is 27.3. The zero-order valence-corrected chi connectivity index (χ0v) is 56.1. The number of carbonyl (C=O) groups is 3. The standard InChI is InChI=1S/C70H97N9O12/c1-46(37-83-49(4)40-89-65(80)58(35-73)53-27-68(7,8)30-60(56(53)33-71)77-21-15-16-22-77)86-43-52(44-87-47(2)38-84-50(5)41-90-66(81)59(36-74)54-28-69(9,10)31-61(57(54)34-72)78-23-17-18-24-78)45-88-48(3)39-85-51(6)42-91-67(82)64(76-14)55-29-70(11,12)32-62(63(55)75-13)79-25-19-20-26-79/h46-52H,15-32,37-45H2,1-12H3/b58-53+,59-54+,64-55-. The van der Waals surface area contributed by atoms with E-state index in [1.165, 1.54) is 0 Å². The number of likely N-dealkylation sites (tertiary alicyclic amines) is 3. The van der Waals surface area contributed by atoms with E-state index in [0.717, 1.165) is 94.9 Å². The third-order valence-electron chi connectivity index (χ3n) is 17.3. The fourth-order valence-corrected chi connectivity index (χ4v) is 12.5. The molecule has 0 N–H and O–H groups in total. The van der Waals surface area contributed by atoms with E-state index in [1.807, 2.05) is 32.9 Å². The molecule has 494 valence electrons. The van der Waals surface area contributed by atoms with Crippen LogP contribution >= 0.6 is 0 Å². The van der Waals surface area contributed by atoms with Crippen LogP contribution in [0.4, 0.5) is 0 Å².